The first kappa shape index (κ1) is 24.5. The number of hydrogen-bond acceptors (Lipinski definition) is 6. The molecule has 0 aliphatic carbocycles. The van der Waals surface area contributed by atoms with Crippen LogP contribution in [0.1, 0.15) is 25.3 Å². The van der Waals surface area contributed by atoms with E-state index in [0.717, 1.165) is 0 Å². The molecule has 32 heavy (non-hydrogen) atoms. The van der Waals surface area contributed by atoms with Gasteiger partial charge in [0.2, 0.25) is 5.91 Å². The van der Waals surface area contributed by atoms with Crippen molar-refractivity contribution in [3.63, 3.8) is 0 Å². The third-order valence-electron chi connectivity index (χ3n) is 5.08. The van der Waals surface area contributed by atoms with Gasteiger partial charge in [-0.05, 0) is 67.8 Å². The highest BCUT2D eigenvalue weighted by molar-refractivity contribution is 7.89. The van der Waals surface area contributed by atoms with Crippen molar-refractivity contribution in [1.82, 2.24) is 4.31 Å². The number of rotatable bonds is 8. The second-order valence-corrected chi connectivity index (χ2v) is 10.0. The molecule has 1 amide bonds. The summed E-state index contributed by atoms with van der Waals surface area (Å²) in [5.74, 6) is -1.21. The predicted molar refractivity (Wildman–Crippen MR) is 120 cm³/mol. The number of halogens is 2. The standard InChI is InChI=1S/C22H23Cl2NO6S/c1-2-30-14-31-21-10-6-18(24)12-16(21)11-15-3-7-19(26)13-25(22(15)27)32(28,29)20-8-4-17(23)5-9-20/h4-6,8-10,12,15H,2-3,7,11,13-14H2,1H3. The lowest BCUT2D eigenvalue weighted by molar-refractivity contribution is -0.131. The first-order chi connectivity index (χ1) is 15.2. The summed E-state index contributed by atoms with van der Waals surface area (Å²) in [5, 5.41) is 0.812. The molecule has 172 valence electrons. The fraction of sp³-hybridized carbons (Fsp3) is 0.364. The van der Waals surface area contributed by atoms with Crippen LogP contribution in [0.4, 0.5) is 0 Å². The lowest BCUT2D eigenvalue weighted by atomic mass is 9.93. The van der Waals surface area contributed by atoms with E-state index in [4.69, 9.17) is 32.7 Å². The van der Waals surface area contributed by atoms with E-state index in [0.29, 0.717) is 32.3 Å². The highest BCUT2D eigenvalue weighted by Gasteiger charge is 2.38. The van der Waals surface area contributed by atoms with Gasteiger partial charge in [-0.3, -0.25) is 9.59 Å². The number of amides is 1. The lowest BCUT2D eigenvalue weighted by Crippen LogP contribution is -2.42. The molecule has 10 heteroatoms. The van der Waals surface area contributed by atoms with Crippen LogP contribution >= 0.6 is 23.2 Å². The molecule has 0 spiro atoms. The molecule has 0 radical (unpaired) electrons. The summed E-state index contributed by atoms with van der Waals surface area (Å²) >= 11 is 12.0. The molecule has 1 aliphatic rings. The van der Waals surface area contributed by atoms with E-state index in [1.807, 2.05) is 6.92 Å². The van der Waals surface area contributed by atoms with Gasteiger partial charge in [-0.1, -0.05) is 23.2 Å². The molecule has 2 aromatic rings. The van der Waals surface area contributed by atoms with Gasteiger partial charge in [0.25, 0.3) is 10.0 Å². The Hall–Kier alpha value is -2.13. The molecular weight excluding hydrogens is 477 g/mol. The topological polar surface area (TPSA) is 90.0 Å². The van der Waals surface area contributed by atoms with Gasteiger partial charge >= 0.3 is 0 Å². The van der Waals surface area contributed by atoms with Crippen LogP contribution in [-0.4, -0.2) is 44.4 Å². The van der Waals surface area contributed by atoms with Gasteiger partial charge in [0.1, 0.15) is 5.75 Å². The fourth-order valence-electron chi connectivity index (χ4n) is 3.41. The molecule has 2 aromatic carbocycles. The van der Waals surface area contributed by atoms with Crippen LogP contribution in [0.3, 0.4) is 0 Å². The maximum absolute atomic E-state index is 13.3. The first-order valence-corrected chi connectivity index (χ1v) is 12.2. The summed E-state index contributed by atoms with van der Waals surface area (Å²) in [7, 11) is -4.22. The summed E-state index contributed by atoms with van der Waals surface area (Å²) in [4.78, 5) is 25.5. The van der Waals surface area contributed by atoms with Crippen molar-refractivity contribution in [3.05, 3.63) is 58.1 Å². The third-order valence-corrected chi connectivity index (χ3v) is 7.32. The van der Waals surface area contributed by atoms with E-state index in [1.165, 1.54) is 24.3 Å². The van der Waals surface area contributed by atoms with Gasteiger partial charge in [-0.15, -0.1) is 0 Å². The number of ether oxygens (including phenoxy) is 2. The monoisotopic (exact) mass is 499 g/mol. The zero-order valence-electron chi connectivity index (χ0n) is 17.4. The smallest absolute Gasteiger partial charge is 0.266 e. The zero-order valence-corrected chi connectivity index (χ0v) is 19.8. The van der Waals surface area contributed by atoms with Gasteiger partial charge < -0.3 is 9.47 Å². The highest BCUT2D eigenvalue weighted by atomic mass is 35.5. The van der Waals surface area contributed by atoms with Gasteiger partial charge in [0.15, 0.2) is 12.6 Å². The van der Waals surface area contributed by atoms with Crippen LogP contribution in [0.5, 0.6) is 5.75 Å². The Labute approximate surface area is 197 Å². The minimum absolute atomic E-state index is 0.0271. The normalized spacial score (nSPS) is 17.3. The molecule has 0 bridgehead atoms. The fourth-order valence-corrected chi connectivity index (χ4v) is 5.16. The Bertz CT molecular complexity index is 1090. The van der Waals surface area contributed by atoms with Crippen molar-refractivity contribution in [2.45, 2.75) is 31.1 Å². The van der Waals surface area contributed by atoms with Gasteiger partial charge in [0, 0.05) is 29.0 Å². The van der Waals surface area contributed by atoms with Crippen LogP contribution in [0.15, 0.2) is 47.4 Å². The second-order valence-electron chi connectivity index (χ2n) is 7.29. The summed E-state index contributed by atoms with van der Waals surface area (Å²) in [6.07, 6.45) is 0.487. The van der Waals surface area contributed by atoms with E-state index in [1.54, 1.807) is 18.2 Å². The lowest BCUT2D eigenvalue weighted by Gasteiger charge is -2.24. The largest absolute Gasteiger partial charge is 0.467 e. The molecule has 1 atom stereocenters. The molecule has 0 saturated carbocycles. The van der Waals surface area contributed by atoms with Crippen LogP contribution in [0.25, 0.3) is 0 Å². The average molecular weight is 500 g/mol. The van der Waals surface area contributed by atoms with Crippen molar-refractivity contribution in [2.75, 3.05) is 19.9 Å². The van der Waals surface area contributed by atoms with Crippen LogP contribution in [0, 0.1) is 5.92 Å². The first-order valence-electron chi connectivity index (χ1n) is 10.0. The van der Waals surface area contributed by atoms with E-state index < -0.39 is 28.4 Å². The predicted octanol–water partition coefficient (Wildman–Crippen LogP) is 4.11. The van der Waals surface area contributed by atoms with Gasteiger partial charge in [-0.2, -0.15) is 0 Å². The highest BCUT2D eigenvalue weighted by Crippen LogP contribution is 2.31. The SMILES string of the molecule is CCOCOc1ccc(Cl)cc1CC1CCC(=O)CN(S(=O)(=O)c2ccc(Cl)cc2)C1=O. The van der Waals surface area contributed by atoms with Crippen molar-refractivity contribution in [2.24, 2.45) is 5.92 Å². The van der Waals surface area contributed by atoms with Gasteiger partial charge in [0.05, 0.1) is 11.4 Å². The van der Waals surface area contributed by atoms with E-state index in [-0.39, 0.29) is 36.7 Å². The Morgan fingerprint density at radius 3 is 2.44 bits per heavy atom. The number of carbonyl (C=O) groups is 2. The number of sulfonamides is 1. The van der Waals surface area contributed by atoms with Crippen molar-refractivity contribution in [3.8, 4) is 5.75 Å². The molecule has 7 nitrogen and oxygen atoms in total. The van der Waals surface area contributed by atoms with E-state index in [9.17, 15) is 18.0 Å². The summed E-state index contributed by atoms with van der Waals surface area (Å²) in [6.45, 7) is 1.84. The Kier molecular flexibility index (Phi) is 8.16. The third kappa shape index (κ3) is 5.81. The average Bonchev–Trinajstić information content (AvgIpc) is 2.89. The van der Waals surface area contributed by atoms with Crippen molar-refractivity contribution >= 4 is 44.9 Å². The van der Waals surface area contributed by atoms with E-state index in [2.05, 4.69) is 0 Å². The molecule has 3 rings (SSSR count). The molecule has 1 saturated heterocycles. The summed E-state index contributed by atoms with van der Waals surface area (Å²) < 4.78 is 37.8. The number of benzene rings is 2. The number of ketones is 1. The van der Waals surface area contributed by atoms with Crippen LogP contribution in [0.2, 0.25) is 10.0 Å². The molecule has 0 aromatic heterocycles. The number of carbonyl (C=O) groups excluding carboxylic acids is 2. The summed E-state index contributed by atoms with van der Waals surface area (Å²) in [6, 6.07) is 10.5. The molecular formula is C22H23Cl2NO6S. The van der Waals surface area contributed by atoms with E-state index >= 15 is 0 Å². The molecule has 1 heterocycles. The summed E-state index contributed by atoms with van der Waals surface area (Å²) in [5.41, 5.74) is 0.633. The minimum Gasteiger partial charge on any atom is -0.467 e. The zero-order chi connectivity index (χ0) is 23.3. The number of nitrogens with zero attached hydrogens (tertiary/aromatic N) is 1. The van der Waals surface area contributed by atoms with Crippen LogP contribution < -0.4 is 4.74 Å². The Balaban J connectivity index is 1.90. The Morgan fingerprint density at radius 1 is 1.06 bits per heavy atom. The maximum atomic E-state index is 13.3. The van der Waals surface area contributed by atoms with Crippen molar-refractivity contribution < 1.29 is 27.5 Å². The molecule has 1 unspecified atom stereocenters. The molecule has 1 fully saturated rings. The Morgan fingerprint density at radius 2 is 1.75 bits per heavy atom. The van der Waals surface area contributed by atoms with Gasteiger partial charge in [-0.25, -0.2) is 12.7 Å². The maximum Gasteiger partial charge on any atom is 0.266 e. The van der Waals surface area contributed by atoms with Crippen molar-refractivity contribution in [1.29, 1.82) is 0 Å². The quantitative estimate of drug-likeness (QED) is 0.401. The number of Topliss-reactive ketones (excluding diaryl/α,β-unsaturated/α-hetero) is 1. The second kappa shape index (κ2) is 10.7. The molecule has 0 N–H and O–H groups in total. The van der Waals surface area contributed by atoms with Crippen LogP contribution in [-0.2, 0) is 30.8 Å². The molecule has 1 aliphatic heterocycles. The minimum atomic E-state index is -4.22. The number of hydrogen-bond donors (Lipinski definition) is 0.